The monoisotopic (exact) mass is 345 g/mol. The van der Waals surface area contributed by atoms with Crippen LogP contribution in [-0.4, -0.2) is 40.1 Å². The Morgan fingerprint density at radius 3 is 2.40 bits per heavy atom. The number of hydrogen-bond donors (Lipinski definition) is 2. The zero-order chi connectivity index (χ0) is 18.4. The number of hydrogen-bond acceptors (Lipinski definition) is 3. The summed E-state index contributed by atoms with van der Waals surface area (Å²) in [5.41, 5.74) is 1.89. The van der Waals surface area contributed by atoms with E-state index in [1.807, 2.05) is 32.1 Å². The van der Waals surface area contributed by atoms with Crippen molar-refractivity contribution in [2.24, 2.45) is 5.41 Å². The van der Waals surface area contributed by atoms with Crippen LogP contribution in [0.25, 0.3) is 0 Å². The quantitative estimate of drug-likeness (QED) is 0.777. The lowest BCUT2D eigenvalue weighted by molar-refractivity contribution is -0.154. The lowest BCUT2D eigenvalue weighted by Gasteiger charge is -2.39. The largest absolute Gasteiger partial charge is 0.481 e. The number of carboxylic acids is 1. The predicted octanol–water partition coefficient (Wildman–Crippen LogP) is 2.77. The average molecular weight is 345 g/mol. The molecule has 1 saturated heterocycles. The van der Waals surface area contributed by atoms with Gasteiger partial charge in [0.2, 0.25) is 5.91 Å². The average Bonchev–Trinajstić information content (AvgIpc) is 2.60. The molecule has 0 saturated carbocycles. The molecule has 0 aromatic heterocycles. The van der Waals surface area contributed by atoms with Gasteiger partial charge in [-0.05, 0) is 44.2 Å². The molecule has 0 aliphatic carbocycles. The van der Waals surface area contributed by atoms with Crippen molar-refractivity contribution in [3.63, 3.8) is 0 Å². The van der Waals surface area contributed by atoms with E-state index in [1.165, 1.54) is 0 Å². The summed E-state index contributed by atoms with van der Waals surface area (Å²) in [6.07, 6.45) is 3.97. The summed E-state index contributed by atoms with van der Waals surface area (Å²) in [7, 11) is 0. The molecule has 1 aromatic carbocycles. The number of carboxylic acid groups (broad SMARTS) is 1. The Bertz CT molecular complexity index is 646. The molecule has 136 valence electrons. The second-order valence-corrected chi connectivity index (χ2v) is 7.14. The maximum atomic E-state index is 12.6. The van der Waals surface area contributed by atoms with Crippen molar-refractivity contribution in [3.8, 4) is 0 Å². The summed E-state index contributed by atoms with van der Waals surface area (Å²) in [5, 5.41) is 18.8. The number of likely N-dealkylation sites (tertiary alicyclic amines) is 1. The minimum absolute atomic E-state index is 0.0220. The van der Waals surface area contributed by atoms with E-state index in [0.29, 0.717) is 25.8 Å². The van der Waals surface area contributed by atoms with Crippen LogP contribution in [0.15, 0.2) is 35.9 Å². The van der Waals surface area contributed by atoms with Gasteiger partial charge >= 0.3 is 5.97 Å². The van der Waals surface area contributed by atoms with Gasteiger partial charge in [-0.2, -0.15) is 0 Å². The molecular formula is C20H27NO4. The summed E-state index contributed by atoms with van der Waals surface area (Å²) >= 11 is 0. The number of benzene rings is 1. The van der Waals surface area contributed by atoms with Crippen molar-refractivity contribution >= 4 is 11.9 Å². The zero-order valence-electron chi connectivity index (χ0n) is 15.0. The van der Waals surface area contributed by atoms with E-state index in [2.05, 4.69) is 0 Å². The van der Waals surface area contributed by atoms with Crippen molar-refractivity contribution in [1.82, 2.24) is 4.90 Å². The highest BCUT2D eigenvalue weighted by atomic mass is 16.4. The first-order valence-electron chi connectivity index (χ1n) is 8.69. The molecule has 1 unspecified atom stereocenters. The van der Waals surface area contributed by atoms with E-state index < -0.39 is 11.4 Å². The van der Waals surface area contributed by atoms with E-state index in [4.69, 9.17) is 5.11 Å². The van der Waals surface area contributed by atoms with Crippen molar-refractivity contribution in [2.45, 2.75) is 46.1 Å². The van der Waals surface area contributed by atoms with Gasteiger partial charge in [0, 0.05) is 13.1 Å². The van der Waals surface area contributed by atoms with E-state index in [0.717, 1.165) is 16.7 Å². The number of amides is 1. The van der Waals surface area contributed by atoms with Crippen molar-refractivity contribution in [3.05, 3.63) is 47.0 Å². The Hall–Kier alpha value is -2.14. The van der Waals surface area contributed by atoms with Gasteiger partial charge in [-0.3, -0.25) is 9.59 Å². The fourth-order valence-electron chi connectivity index (χ4n) is 3.22. The van der Waals surface area contributed by atoms with Gasteiger partial charge in [0.05, 0.1) is 18.4 Å². The highest BCUT2D eigenvalue weighted by molar-refractivity contribution is 5.81. The molecule has 2 N–H and O–H groups in total. The topological polar surface area (TPSA) is 77.8 Å². The van der Waals surface area contributed by atoms with Gasteiger partial charge in [-0.1, -0.05) is 35.9 Å². The normalized spacial score (nSPS) is 20.2. The summed E-state index contributed by atoms with van der Waals surface area (Å²) in [4.78, 5) is 26.2. The Morgan fingerprint density at radius 1 is 1.20 bits per heavy atom. The van der Waals surface area contributed by atoms with Crippen LogP contribution in [0.5, 0.6) is 0 Å². The third-order valence-electron chi connectivity index (χ3n) is 4.85. The molecule has 0 bridgehead atoms. The molecule has 1 amide bonds. The number of allylic oxidation sites excluding steroid dienone is 2. The lowest BCUT2D eigenvalue weighted by Crippen LogP contribution is -2.50. The van der Waals surface area contributed by atoms with Crippen LogP contribution in [0.1, 0.15) is 44.2 Å². The number of carbonyl (C=O) groups excluding carboxylic acids is 1. The Labute approximate surface area is 149 Å². The molecule has 1 fully saturated rings. The number of nitrogens with zero attached hydrogens (tertiary/aromatic N) is 1. The molecule has 0 spiro atoms. The maximum absolute atomic E-state index is 12.6. The summed E-state index contributed by atoms with van der Waals surface area (Å²) < 4.78 is 0. The van der Waals surface area contributed by atoms with Crippen LogP contribution in [-0.2, 0) is 22.6 Å². The molecule has 5 nitrogen and oxygen atoms in total. The van der Waals surface area contributed by atoms with Gasteiger partial charge in [0.1, 0.15) is 0 Å². The maximum Gasteiger partial charge on any atom is 0.311 e. The molecule has 1 aliphatic heterocycles. The fourth-order valence-corrected chi connectivity index (χ4v) is 3.22. The molecule has 2 rings (SSSR count). The number of piperidine rings is 1. The number of carbonyl (C=O) groups is 2. The first kappa shape index (κ1) is 19.2. The zero-order valence-corrected chi connectivity index (χ0v) is 15.0. The number of rotatable bonds is 6. The second-order valence-electron chi connectivity index (χ2n) is 7.14. The summed E-state index contributed by atoms with van der Waals surface area (Å²) in [6.45, 7) is 4.76. The van der Waals surface area contributed by atoms with E-state index >= 15 is 0 Å². The first-order chi connectivity index (χ1) is 11.9. The number of aliphatic carboxylic acids is 1. The van der Waals surface area contributed by atoms with E-state index in [-0.39, 0.29) is 25.5 Å². The van der Waals surface area contributed by atoms with Gasteiger partial charge in [0.15, 0.2) is 0 Å². The Balaban J connectivity index is 2.08. The van der Waals surface area contributed by atoms with Crippen LogP contribution >= 0.6 is 0 Å². The lowest BCUT2D eigenvalue weighted by atomic mass is 9.76. The van der Waals surface area contributed by atoms with E-state index in [9.17, 15) is 14.7 Å². The third-order valence-corrected chi connectivity index (χ3v) is 4.85. The van der Waals surface area contributed by atoms with Crippen LogP contribution < -0.4 is 0 Å². The van der Waals surface area contributed by atoms with Crippen molar-refractivity contribution in [1.29, 1.82) is 0 Å². The minimum Gasteiger partial charge on any atom is -0.481 e. The molecular weight excluding hydrogens is 318 g/mol. The van der Waals surface area contributed by atoms with Crippen LogP contribution in [0, 0.1) is 5.41 Å². The van der Waals surface area contributed by atoms with Gasteiger partial charge < -0.3 is 15.1 Å². The van der Waals surface area contributed by atoms with Crippen LogP contribution in [0.3, 0.4) is 0 Å². The SMILES string of the molecule is CC(C)=CCC1(C(=O)O)CCCN(C(=O)Cc2ccc(CO)cc2)C1. The molecule has 1 heterocycles. The standard InChI is InChI=1S/C20H27NO4/c1-15(2)8-10-20(19(24)25)9-3-11-21(14-20)18(23)12-16-4-6-17(13-22)7-5-16/h4-8,22H,3,9-14H2,1-2H3,(H,24,25). The molecule has 1 aliphatic rings. The van der Waals surface area contributed by atoms with Gasteiger partial charge in [0.25, 0.3) is 0 Å². The van der Waals surface area contributed by atoms with E-state index in [1.54, 1.807) is 17.0 Å². The molecule has 25 heavy (non-hydrogen) atoms. The Morgan fingerprint density at radius 2 is 1.84 bits per heavy atom. The second kappa shape index (κ2) is 8.30. The molecule has 1 aromatic rings. The molecule has 1 atom stereocenters. The third kappa shape index (κ3) is 4.92. The first-order valence-corrected chi connectivity index (χ1v) is 8.69. The smallest absolute Gasteiger partial charge is 0.311 e. The summed E-state index contributed by atoms with van der Waals surface area (Å²) in [6, 6.07) is 7.27. The Kier molecular flexibility index (Phi) is 6.37. The highest BCUT2D eigenvalue weighted by Crippen LogP contribution is 2.35. The number of aliphatic hydroxyl groups excluding tert-OH is 1. The molecule has 0 radical (unpaired) electrons. The number of aliphatic hydroxyl groups is 1. The van der Waals surface area contributed by atoms with Gasteiger partial charge in [-0.25, -0.2) is 0 Å². The minimum atomic E-state index is -0.883. The van der Waals surface area contributed by atoms with Crippen LogP contribution in [0.2, 0.25) is 0 Å². The predicted molar refractivity (Wildman–Crippen MR) is 96.0 cm³/mol. The fraction of sp³-hybridized carbons (Fsp3) is 0.500. The molecule has 5 heteroatoms. The highest BCUT2D eigenvalue weighted by Gasteiger charge is 2.42. The van der Waals surface area contributed by atoms with Crippen molar-refractivity contribution < 1.29 is 19.8 Å². The van der Waals surface area contributed by atoms with Gasteiger partial charge in [-0.15, -0.1) is 0 Å². The summed E-state index contributed by atoms with van der Waals surface area (Å²) in [5.74, 6) is -0.867. The van der Waals surface area contributed by atoms with Crippen LogP contribution in [0.4, 0.5) is 0 Å². The van der Waals surface area contributed by atoms with Crippen molar-refractivity contribution in [2.75, 3.05) is 13.1 Å².